The van der Waals surface area contributed by atoms with Gasteiger partial charge in [0.15, 0.2) is 0 Å². The summed E-state index contributed by atoms with van der Waals surface area (Å²) < 4.78 is 5.63. The molecule has 0 amide bonds. The van der Waals surface area contributed by atoms with E-state index in [0.717, 1.165) is 19.4 Å². The molecule has 0 fully saturated rings. The summed E-state index contributed by atoms with van der Waals surface area (Å²) >= 11 is 0. The molecule has 0 aliphatic rings. The maximum absolute atomic E-state index is 5.89. The van der Waals surface area contributed by atoms with Gasteiger partial charge >= 0.3 is 0 Å². The molecule has 2 N–H and O–H groups in total. The molecule has 2 nitrogen and oxygen atoms in total. The quantitative estimate of drug-likeness (QED) is 0.670. The lowest BCUT2D eigenvalue weighted by Gasteiger charge is -2.20. The Morgan fingerprint density at radius 2 is 1.50 bits per heavy atom. The molecule has 14 heavy (non-hydrogen) atoms. The van der Waals surface area contributed by atoms with Gasteiger partial charge in [-0.25, -0.2) is 0 Å². The van der Waals surface area contributed by atoms with Gasteiger partial charge in [0.2, 0.25) is 0 Å². The molecule has 0 spiro atoms. The summed E-state index contributed by atoms with van der Waals surface area (Å²) in [4.78, 5) is 0. The molecule has 0 radical (unpaired) electrons. The molecular weight excluding hydrogens is 174 g/mol. The molecule has 0 heterocycles. The normalized spacial score (nSPS) is 13.3. The zero-order chi connectivity index (χ0) is 11.2. The molecule has 2 heteroatoms. The Balaban J connectivity index is 3.23. The highest BCUT2D eigenvalue weighted by Crippen LogP contribution is 2.12. The Labute approximate surface area is 89.2 Å². The number of unbranched alkanes of at least 4 members (excludes halogenated alkanes) is 2. The van der Waals surface area contributed by atoms with Gasteiger partial charge in [0.05, 0.1) is 5.60 Å². The number of rotatable bonds is 6. The molecule has 0 saturated carbocycles. The largest absolute Gasteiger partial charge is 0.376 e. The molecule has 0 saturated heterocycles. The molecule has 0 bridgehead atoms. The summed E-state index contributed by atoms with van der Waals surface area (Å²) in [7, 11) is 0. The Kier molecular flexibility index (Phi) is 5.68. The third-order valence-electron chi connectivity index (χ3n) is 2.00. The van der Waals surface area contributed by atoms with E-state index in [1.165, 1.54) is 12.8 Å². The molecule has 0 aliphatic heterocycles. The molecule has 0 aliphatic carbocycles. The minimum absolute atomic E-state index is 0.00708. The van der Waals surface area contributed by atoms with E-state index in [-0.39, 0.29) is 11.1 Å². The van der Waals surface area contributed by atoms with E-state index in [9.17, 15) is 0 Å². The first-order valence-electron chi connectivity index (χ1n) is 5.64. The first-order valence-corrected chi connectivity index (χ1v) is 5.64. The fourth-order valence-electron chi connectivity index (χ4n) is 1.24. The van der Waals surface area contributed by atoms with Crippen LogP contribution in [0.5, 0.6) is 0 Å². The van der Waals surface area contributed by atoms with Crippen LogP contribution in [0, 0.1) is 0 Å². The van der Waals surface area contributed by atoms with Crippen LogP contribution in [0.4, 0.5) is 0 Å². The summed E-state index contributed by atoms with van der Waals surface area (Å²) in [5.41, 5.74) is 5.89. The third-order valence-corrected chi connectivity index (χ3v) is 2.00. The van der Waals surface area contributed by atoms with Crippen LogP contribution in [0.15, 0.2) is 0 Å². The highest BCUT2D eigenvalue weighted by atomic mass is 16.5. The van der Waals surface area contributed by atoms with Crippen LogP contribution in [0.25, 0.3) is 0 Å². The van der Waals surface area contributed by atoms with Crippen molar-refractivity contribution in [2.75, 3.05) is 6.61 Å². The molecule has 0 atom stereocenters. The summed E-state index contributed by atoms with van der Waals surface area (Å²) in [5.74, 6) is 0. The number of ether oxygens (including phenoxy) is 1. The number of nitrogens with two attached hydrogens (primary N) is 1. The SMILES string of the molecule is CC(C)(N)CCCCCOC(C)(C)C. The van der Waals surface area contributed by atoms with E-state index < -0.39 is 0 Å². The monoisotopic (exact) mass is 201 g/mol. The predicted molar refractivity (Wildman–Crippen MR) is 62.4 cm³/mol. The van der Waals surface area contributed by atoms with Crippen molar-refractivity contribution in [2.24, 2.45) is 5.73 Å². The van der Waals surface area contributed by atoms with E-state index in [1.807, 2.05) is 0 Å². The predicted octanol–water partition coefficient (Wildman–Crippen LogP) is 3.10. The van der Waals surface area contributed by atoms with Gasteiger partial charge in [0.1, 0.15) is 0 Å². The molecule has 0 aromatic carbocycles. The molecule has 0 aromatic rings. The smallest absolute Gasteiger partial charge is 0.0598 e. The minimum atomic E-state index is -0.00904. The first kappa shape index (κ1) is 13.9. The van der Waals surface area contributed by atoms with Gasteiger partial charge in [0, 0.05) is 12.1 Å². The lowest BCUT2D eigenvalue weighted by Crippen LogP contribution is -2.31. The third kappa shape index (κ3) is 11.9. The average Bonchev–Trinajstić information content (AvgIpc) is 1.92. The Bertz CT molecular complexity index is 123. The minimum Gasteiger partial charge on any atom is -0.376 e. The van der Waals surface area contributed by atoms with Crippen molar-refractivity contribution in [1.82, 2.24) is 0 Å². The summed E-state index contributed by atoms with van der Waals surface area (Å²) in [6.45, 7) is 11.3. The summed E-state index contributed by atoms with van der Waals surface area (Å²) in [5, 5.41) is 0. The second kappa shape index (κ2) is 5.72. The Hall–Kier alpha value is -0.0800. The van der Waals surface area contributed by atoms with Gasteiger partial charge in [-0.2, -0.15) is 0 Å². The Morgan fingerprint density at radius 1 is 0.929 bits per heavy atom. The van der Waals surface area contributed by atoms with Gasteiger partial charge in [-0.3, -0.25) is 0 Å². The molecule has 0 rings (SSSR count). The topological polar surface area (TPSA) is 35.2 Å². The van der Waals surface area contributed by atoms with Crippen LogP contribution in [-0.4, -0.2) is 17.7 Å². The maximum Gasteiger partial charge on any atom is 0.0598 e. The maximum atomic E-state index is 5.89. The van der Waals surface area contributed by atoms with Crippen molar-refractivity contribution >= 4 is 0 Å². The molecule has 0 unspecified atom stereocenters. The number of hydrogen-bond donors (Lipinski definition) is 1. The van der Waals surface area contributed by atoms with Gasteiger partial charge < -0.3 is 10.5 Å². The van der Waals surface area contributed by atoms with Crippen molar-refractivity contribution in [3.63, 3.8) is 0 Å². The van der Waals surface area contributed by atoms with Crippen molar-refractivity contribution in [1.29, 1.82) is 0 Å². The lowest BCUT2D eigenvalue weighted by atomic mass is 9.98. The van der Waals surface area contributed by atoms with Crippen LogP contribution in [-0.2, 0) is 4.74 Å². The van der Waals surface area contributed by atoms with Crippen LogP contribution < -0.4 is 5.73 Å². The van der Waals surface area contributed by atoms with E-state index in [4.69, 9.17) is 10.5 Å². The van der Waals surface area contributed by atoms with Crippen LogP contribution >= 0.6 is 0 Å². The van der Waals surface area contributed by atoms with E-state index in [2.05, 4.69) is 34.6 Å². The average molecular weight is 201 g/mol. The van der Waals surface area contributed by atoms with Gasteiger partial charge in [-0.05, 0) is 47.5 Å². The van der Waals surface area contributed by atoms with Crippen LogP contribution in [0.3, 0.4) is 0 Å². The summed E-state index contributed by atoms with van der Waals surface area (Å²) in [6, 6.07) is 0. The van der Waals surface area contributed by atoms with Crippen molar-refractivity contribution in [3.8, 4) is 0 Å². The van der Waals surface area contributed by atoms with Crippen molar-refractivity contribution in [2.45, 2.75) is 71.4 Å². The molecular formula is C12H27NO. The highest BCUT2D eigenvalue weighted by molar-refractivity contribution is 4.70. The fraction of sp³-hybridized carbons (Fsp3) is 1.00. The fourth-order valence-corrected chi connectivity index (χ4v) is 1.24. The number of hydrogen-bond acceptors (Lipinski definition) is 2. The second-order valence-electron chi connectivity index (χ2n) is 5.76. The molecule has 86 valence electrons. The summed E-state index contributed by atoms with van der Waals surface area (Å²) in [6.07, 6.45) is 4.67. The first-order chi connectivity index (χ1) is 6.21. The van der Waals surface area contributed by atoms with Gasteiger partial charge in [-0.15, -0.1) is 0 Å². The van der Waals surface area contributed by atoms with E-state index >= 15 is 0 Å². The molecule has 0 aromatic heterocycles. The van der Waals surface area contributed by atoms with Crippen molar-refractivity contribution in [3.05, 3.63) is 0 Å². The van der Waals surface area contributed by atoms with Crippen LogP contribution in [0.2, 0.25) is 0 Å². The zero-order valence-electron chi connectivity index (χ0n) is 10.5. The highest BCUT2D eigenvalue weighted by Gasteiger charge is 2.10. The standard InChI is InChI=1S/C12H27NO/c1-11(2,3)14-10-8-6-7-9-12(4,5)13/h6-10,13H2,1-5H3. The van der Waals surface area contributed by atoms with Crippen molar-refractivity contribution < 1.29 is 4.74 Å². The van der Waals surface area contributed by atoms with Gasteiger partial charge in [-0.1, -0.05) is 12.8 Å². The second-order valence-corrected chi connectivity index (χ2v) is 5.76. The lowest BCUT2D eigenvalue weighted by molar-refractivity contribution is -0.00483. The van der Waals surface area contributed by atoms with E-state index in [0.29, 0.717) is 0 Å². The van der Waals surface area contributed by atoms with E-state index in [1.54, 1.807) is 0 Å². The van der Waals surface area contributed by atoms with Crippen LogP contribution in [0.1, 0.15) is 60.3 Å². The Morgan fingerprint density at radius 3 is 1.93 bits per heavy atom. The zero-order valence-corrected chi connectivity index (χ0v) is 10.5. The van der Waals surface area contributed by atoms with Gasteiger partial charge in [0.25, 0.3) is 0 Å².